The van der Waals surface area contributed by atoms with Crippen LogP contribution in [0.25, 0.3) is 10.9 Å². The number of likely N-dealkylation sites (tertiary alicyclic amines) is 2. The Hall–Kier alpha value is -3.03. The summed E-state index contributed by atoms with van der Waals surface area (Å²) >= 11 is 0. The van der Waals surface area contributed by atoms with Crippen molar-refractivity contribution < 1.29 is 13.9 Å². The van der Waals surface area contributed by atoms with Crippen molar-refractivity contribution in [2.75, 3.05) is 32.8 Å². The topological polar surface area (TPSA) is 54.8 Å². The Balaban J connectivity index is 1.30. The number of aryl methyl sites for hydroxylation is 1. The first-order valence-electron chi connectivity index (χ1n) is 13.9. The number of hydrogen-bond donors (Lipinski definition) is 0. The van der Waals surface area contributed by atoms with Gasteiger partial charge in [0.2, 0.25) is 0 Å². The van der Waals surface area contributed by atoms with E-state index in [9.17, 15) is 14.0 Å². The summed E-state index contributed by atoms with van der Waals surface area (Å²) < 4.78 is 20.9. The van der Waals surface area contributed by atoms with Gasteiger partial charge in [0.25, 0.3) is 5.56 Å². The van der Waals surface area contributed by atoms with Crippen LogP contribution in [0, 0.1) is 18.7 Å². The number of halogens is 1. The number of benzene rings is 2. The van der Waals surface area contributed by atoms with E-state index in [2.05, 4.69) is 22.8 Å². The molecule has 2 fully saturated rings. The number of nitrogens with zero attached hydrogens (tertiary/aromatic N) is 3. The molecule has 0 N–H and O–H groups in total. The predicted octanol–water partition coefficient (Wildman–Crippen LogP) is 4.74. The van der Waals surface area contributed by atoms with Gasteiger partial charge in [0.1, 0.15) is 5.82 Å². The highest BCUT2D eigenvalue weighted by molar-refractivity contribution is 5.80. The van der Waals surface area contributed by atoms with Gasteiger partial charge in [0.05, 0.1) is 24.6 Å². The molecule has 0 aliphatic carbocycles. The van der Waals surface area contributed by atoms with E-state index in [-0.39, 0.29) is 23.3 Å². The van der Waals surface area contributed by atoms with Crippen LogP contribution in [0.1, 0.15) is 49.3 Å². The van der Waals surface area contributed by atoms with Gasteiger partial charge in [-0.3, -0.25) is 19.4 Å². The number of hydrogen-bond acceptors (Lipinski definition) is 5. The quantitative estimate of drug-likeness (QED) is 0.422. The lowest BCUT2D eigenvalue weighted by Crippen LogP contribution is -2.49. The average Bonchev–Trinajstić information content (AvgIpc) is 2.91. The van der Waals surface area contributed by atoms with Gasteiger partial charge < -0.3 is 9.30 Å². The second-order valence-corrected chi connectivity index (χ2v) is 10.8. The lowest BCUT2D eigenvalue weighted by atomic mass is 9.94. The smallest absolute Gasteiger partial charge is 0.310 e. The van der Waals surface area contributed by atoms with E-state index >= 15 is 0 Å². The minimum absolute atomic E-state index is 0.0129. The minimum atomic E-state index is -0.294. The van der Waals surface area contributed by atoms with Crippen molar-refractivity contribution in [3.63, 3.8) is 0 Å². The highest BCUT2D eigenvalue weighted by atomic mass is 19.1. The maximum atomic E-state index is 13.9. The molecule has 202 valence electrons. The summed E-state index contributed by atoms with van der Waals surface area (Å²) in [6, 6.07) is 15.1. The van der Waals surface area contributed by atoms with E-state index < -0.39 is 0 Å². The summed E-state index contributed by atoms with van der Waals surface area (Å²) in [4.78, 5) is 30.8. The summed E-state index contributed by atoms with van der Waals surface area (Å²) in [7, 11) is 0. The number of piperidine rings is 2. The van der Waals surface area contributed by atoms with E-state index in [0.29, 0.717) is 25.7 Å². The Labute approximate surface area is 224 Å². The summed E-state index contributed by atoms with van der Waals surface area (Å²) in [6.45, 7) is 8.95. The third-order valence-corrected chi connectivity index (χ3v) is 8.09. The van der Waals surface area contributed by atoms with Crippen LogP contribution in [-0.2, 0) is 22.6 Å². The molecule has 2 aliphatic rings. The molecule has 2 aliphatic heterocycles. The molecule has 0 spiro atoms. The molecule has 1 atom stereocenters. The molecule has 0 bridgehead atoms. The van der Waals surface area contributed by atoms with Gasteiger partial charge in [0, 0.05) is 24.7 Å². The van der Waals surface area contributed by atoms with Crippen LogP contribution < -0.4 is 5.56 Å². The van der Waals surface area contributed by atoms with Gasteiger partial charge in [-0.05, 0) is 100 Å². The zero-order chi connectivity index (χ0) is 26.6. The summed E-state index contributed by atoms with van der Waals surface area (Å²) in [5.41, 5.74) is 3.55. The van der Waals surface area contributed by atoms with Crippen molar-refractivity contribution >= 4 is 16.9 Å². The maximum absolute atomic E-state index is 13.9. The minimum Gasteiger partial charge on any atom is -0.466 e. The van der Waals surface area contributed by atoms with E-state index in [1.807, 2.05) is 31.2 Å². The van der Waals surface area contributed by atoms with Crippen LogP contribution in [0.3, 0.4) is 0 Å². The van der Waals surface area contributed by atoms with Crippen molar-refractivity contribution in [2.45, 2.75) is 58.7 Å². The fourth-order valence-corrected chi connectivity index (χ4v) is 6.13. The van der Waals surface area contributed by atoms with Gasteiger partial charge in [-0.15, -0.1) is 0 Å². The van der Waals surface area contributed by atoms with Crippen molar-refractivity contribution in [1.29, 1.82) is 0 Å². The SMILES string of the molecule is CCOC(=O)[C@H]1CCCN(C2CCN(Cc3cc4cc(C)ccc4n(Cc4cccc(F)c4)c3=O)CC2)C1. The highest BCUT2D eigenvalue weighted by Crippen LogP contribution is 2.26. The standard InChI is InChI=1S/C31H38FN3O3/c1-3-38-31(37)24-7-5-13-34(21-24)28-11-14-33(15-12-28)20-26-18-25-16-22(2)9-10-29(25)35(30(26)36)19-23-6-4-8-27(32)17-23/h4,6,8-10,16-18,24,28H,3,5,7,11-15,19-21H2,1-2H3/t24-/m0/s1. The second kappa shape index (κ2) is 11.8. The third-order valence-electron chi connectivity index (χ3n) is 8.09. The molecular weight excluding hydrogens is 481 g/mol. The molecule has 0 radical (unpaired) electrons. The lowest BCUT2D eigenvalue weighted by molar-refractivity contribution is -0.150. The number of rotatable bonds is 7. The number of carbonyl (C=O) groups excluding carboxylic acids is 1. The van der Waals surface area contributed by atoms with Gasteiger partial charge >= 0.3 is 5.97 Å². The fourth-order valence-electron chi connectivity index (χ4n) is 6.13. The van der Waals surface area contributed by atoms with Gasteiger partial charge in [-0.25, -0.2) is 4.39 Å². The number of esters is 1. The predicted molar refractivity (Wildman–Crippen MR) is 148 cm³/mol. The monoisotopic (exact) mass is 519 g/mol. The van der Waals surface area contributed by atoms with Crippen molar-refractivity contribution in [3.05, 3.63) is 81.4 Å². The summed E-state index contributed by atoms with van der Waals surface area (Å²) in [5, 5.41) is 1.03. The normalized spacial score (nSPS) is 19.6. The van der Waals surface area contributed by atoms with Gasteiger partial charge in [-0.2, -0.15) is 0 Å². The fraction of sp³-hybridized carbons (Fsp3) is 0.484. The molecule has 6 nitrogen and oxygen atoms in total. The molecule has 3 heterocycles. The molecule has 1 aromatic heterocycles. The van der Waals surface area contributed by atoms with E-state index in [4.69, 9.17) is 4.74 Å². The lowest BCUT2D eigenvalue weighted by Gasteiger charge is -2.41. The molecule has 0 amide bonds. The number of fused-ring (bicyclic) bond motifs is 1. The average molecular weight is 520 g/mol. The molecule has 38 heavy (non-hydrogen) atoms. The number of carbonyl (C=O) groups is 1. The first-order valence-corrected chi connectivity index (χ1v) is 13.9. The van der Waals surface area contributed by atoms with Gasteiger partial charge in [-0.1, -0.05) is 23.8 Å². The Morgan fingerprint density at radius 3 is 2.61 bits per heavy atom. The molecule has 2 saturated heterocycles. The zero-order valence-electron chi connectivity index (χ0n) is 22.5. The molecule has 2 aromatic carbocycles. The van der Waals surface area contributed by atoms with Crippen molar-refractivity contribution in [3.8, 4) is 0 Å². The van der Waals surface area contributed by atoms with Crippen LogP contribution in [0.15, 0.2) is 53.3 Å². The van der Waals surface area contributed by atoms with E-state index in [1.54, 1.807) is 10.6 Å². The number of pyridine rings is 1. The molecular formula is C31H38FN3O3. The van der Waals surface area contributed by atoms with Crippen molar-refractivity contribution in [1.82, 2.24) is 14.4 Å². The third kappa shape index (κ3) is 6.00. The van der Waals surface area contributed by atoms with E-state index in [1.165, 1.54) is 12.1 Å². The van der Waals surface area contributed by atoms with Crippen molar-refractivity contribution in [2.24, 2.45) is 5.92 Å². The Morgan fingerprint density at radius 2 is 1.84 bits per heavy atom. The number of ether oxygens (including phenoxy) is 1. The van der Waals surface area contributed by atoms with Crippen LogP contribution >= 0.6 is 0 Å². The van der Waals surface area contributed by atoms with E-state index in [0.717, 1.165) is 79.5 Å². The Bertz CT molecular complexity index is 1350. The Morgan fingerprint density at radius 1 is 1.03 bits per heavy atom. The first-order chi connectivity index (χ1) is 18.4. The second-order valence-electron chi connectivity index (χ2n) is 10.8. The first kappa shape index (κ1) is 26.6. The van der Waals surface area contributed by atoms with Crippen LogP contribution in [0.2, 0.25) is 0 Å². The summed E-state index contributed by atoms with van der Waals surface area (Å²) in [5.74, 6) is -0.368. The van der Waals surface area contributed by atoms with Crippen LogP contribution in [-0.4, -0.2) is 59.2 Å². The molecule has 3 aromatic rings. The highest BCUT2D eigenvalue weighted by Gasteiger charge is 2.32. The number of aromatic nitrogens is 1. The molecule has 0 unspecified atom stereocenters. The largest absolute Gasteiger partial charge is 0.466 e. The molecule has 5 rings (SSSR count). The zero-order valence-corrected chi connectivity index (χ0v) is 22.5. The summed E-state index contributed by atoms with van der Waals surface area (Å²) in [6.07, 6.45) is 4.00. The van der Waals surface area contributed by atoms with Crippen LogP contribution in [0.5, 0.6) is 0 Å². The Kier molecular flexibility index (Phi) is 8.24. The maximum Gasteiger partial charge on any atom is 0.310 e. The molecule has 7 heteroatoms. The van der Waals surface area contributed by atoms with Crippen LogP contribution in [0.4, 0.5) is 4.39 Å². The molecule has 0 saturated carbocycles. The van der Waals surface area contributed by atoms with Gasteiger partial charge in [0.15, 0.2) is 0 Å².